The number of nitrogens with one attached hydrogen (secondary N) is 1. The van der Waals surface area contributed by atoms with Crippen molar-refractivity contribution in [1.82, 2.24) is 5.43 Å². The maximum atomic E-state index is 12.8. The highest BCUT2D eigenvalue weighted by Gasteiger charge is 2.34. The molecule has 0 unspecified atom stereocenters. The molecule has 2 amide bonds. The van der Waals surface area contributed by atoms with Crippen molar-refractivity contribution >= 4 is 29.3 Å². The topological polar surface area (TPSA) is 52.7 Å². The molecular formula is C22H23N3O2. The van der Waals surface area contributed by atoms with Gasteiger partial charge in [-0.2, -0.15) is 0 Å². The highest BCUT2D eigenvalue weighted by atomic mass is 16.2. The van der Waals surface area contributed by atoms with Crippen LogP contribution in [0, 0.1) is 13.8 Å². The van der Waals surface area contributed by atoms with Gasteiger partial charge in [0, 0.05) is 18.8 Å². The summed E-state index contributed by atoms with van der Waals surface area (Å²) in [6.45, 7) is 6.29. The second kappa shape index (κ2) is 6.91. The number of hydrogen-bond donors (Lipinski definition) is 1. The van der Waals surface area contributed by atoms with Gasteiger partial charge in [0.25, 0.3) is 11.8 Å². The van der Waals surface area contributed by atoms with Crippen molar-refractivity contribution in [1.29, 1.82) is 0 Å². The number of nitrogens with zero attached hydrogens (tertiary/aromatic N) is 2. The zero-order chi connectivity index (χ0) is 19.0. The number of anilines is 2. The van der Waals surface area contributed by atoms with E-state index in [1.807, 2.05) is 25.1 Å². The number of amides is 2. The van der Waals surface area contributed by atoms with Gasteiger partial charge in [-0.05, 0) is 73.7 Å². The first-order valence-corrected chi connectivity index (χ1v) is 9.33. The van der Waals surface area contributed by atoms with Crippen LogP contribution in [-0.2, 0) is 9.59 Å². The number of hydrazine groups is 1. The lowest BCUT2D eigenvalue weighted by molar-refractivity contribution is -0.117. The Morgan fingerprint density at radius 3 is 2.37 bits per heavy atom. The fourth-order valence-corrected chi connectivity index (χ4v) is 3.75. The SMILES string of the molecule is Cc1cc(N2CCCC2)c(C)cc1/C=C1/C(=O)NN(c2ccccc2)C1=O. The van der Waals surface area contributed by atoms with E-state index in [-0.39, 0.29) is 17.4 Å². The molecule has 1 N–H and O–H groups in total. The van der Waals surface area contributed by atoms with Crippen LogP contribution in [0.2, 0.25) is 0 Å². The van der Waals surface area contributed by atoms with Crippen LogP contribution in [-0.4, -0.2) is 24.9 Å². The number of rotatable bonds is 3. The third kappa shape index (κ3) is 3.21. The first kappa shape index (κ1) is 17.3. The minimum atomic E-state index is -0.371. The van der Waals surface area contributed by atoms with E-state index < -0.39 is 0 Å². The van der Waals surface area contributed by atoms with Gasteiger partial charge in [-0.1, -0.05) is 18.2 Å². The van der Waals surface area contributed by atoms with Gasteiger partial charge >= 0.3 is 0 Å². The van der Waals surface area contributed by atoms with Crippen LogP contribution in [0.4, 0.5) is 11.4 Å². The van der Waals surface area contributed by atoms with Gasteiger partial charge in [0.05, 0.1) is 5.69 Å². The van der Waals surface area contributed by atoms with Crippen molar-refractivity contribution in [2.24, 2.45) is 0 Å². The Morgan fingerprint density at radius 1 is 0.963 bits per heavy atom. The highest BCUT2D eigenvalue weighted by molar-refractivity contribution is 6.31. The molecule has 138 valence electrons. The summed E-state index contributed by atoms with van der Waals surface area (Å²) in [6, 6.07) is 13.4. The Bertz CT molecular complexity index is 928. The van der Waals surface area contributed by atoms with Gasteiger partial charge < -0.3 is 4.90 Å². The molecule has 4 rings (SSSR count). The van der Waals surface area contributed by atoms with Gasteiger partial charge in [0.2, 0.25) is 0 Å². The van der Waals surface area contributed by atoms with Crippen molar-refractivity contribution in [3.05, 3.63) is 64.7 Å². The van der Waals surface area contributed by atoms with Crippen molar-refractivity contribution in [2.75, 3.05) is 23.0 Å². The zero-order valence-corrected chi connectivity index (χ0v) is 15.7. The highest BCUT2D eigenvalue weighted by Crippen LogP contribution is 2.29. The molecule has 2 heterocycles. The Kier molecular flexibility index (Phi) is 4.44. The van der Waals surface area contributed by atoms with Crippen LogP contribution < -0.4 is 15.3 Å². The van der Waals surface area contributed by atoms with Gasteiger partial charge in [0.15, 0.2) is 0 Å². The number of carbonyl (C=O) groups is 2. The Morgan fingerprint density at radius 2 is 1.67 bits per heavy atom. The van der Waals surface area contributed by atoms with Crippen molar-refractivity contribution in [3.63, 3.8) is 0 Å². The molecule has 2 aliphatic rings. The van der Waals surface area contributed by atoms with Crippen LogP contribution in [0.5, 0.6) is 0 Å². The minimum absolute atomic E-state index is 0.162. The van der Waals surface area contributed by atoms with E-state index in [1.165, 1.54) is 29.1 Å². The summed E-state index contributed by atoms with van der Waals surface area (Å²) in [4.78, 5) is 27.6. The lowest BCUT2D eigenvalue weighted by Crippen LogP contribution is -2.35. The van der Waals surface area contributed by atoms with Crippen LogP contribution >= 0.6 is 0 Å². The summed E-state index contributed by atoms with van der Waals surface area (Å²) in [7, 11) is 0. The van der Waals surface area contributed by atoms with Crippen LogP contribution in [0.1, 0.15) is 29.5 Å². The molecule has 0 spiro atoms. The first-order chi connectivity index (χ1) is 13.0. The van der Waals surface area contributed by atoms with Crippen LogP contribution in [0.15, 0.2) is 48.0 Å². The molecule has 2 aromatic rings. The van der Waals surface area contributed by atoms with Crippen LogP contribution in [0.3, 0.4) is 0 Å². The van der Waals surface area contributed by atoms with E-state index in [9.17, 15) is 9.59 Å². The van der Waals surface area contributed by atoms with E-state index in [2.05, 4.69) is 29.4 Å². The molecule has 0 aromatic heterocycles. The Balaban J connectivity index is 1.66. The summed E-state index contributed by atoms with van der Waals surface area (Å²) in [5.74, 6) is -0.698. The summed E-state index contributed by atoms with van der Waals surface area (Å²) >= 11 is 0. The number of benzene rings is 2. The summed E-state index contributed by atoms with van der Waals surface area (Å²) in [5.41, 5.74) is 7.85. The van der Waals surface area contributed by atoms with Gasteiger partial charge in [0.1, 0.15) is 5.57 Å². The molecule has 0 radical (unpaired) electrons. The molecule has 2 saturated heterocycles. The maximum Gasteiger partial charge on any atom is 0.282 e. The number of aryl methyl sites for hydroxylation is 2. The fourth-order valence-electron chi connectivity index (χ4n) is 3.75. The van der Waals surface area contributed by atoms with Crippen molar-refractivity contribution in [2.45, 2.75) is 26.7 Å². The van der Waals surface area contributed by atoms with Gasteiger partial charge in [-0.25, -0.2) is 5.01 Å². The monoisotopic (exact) mass is 361 g/mol. The number of hydrogen-bond acceptors (Lipinski definition) is 3. The smallest absolute Gasteiger partial charge is 0.282 e. The molecule has 5 nitrogen and oxygen atoms in total. The summed E-state index contributed by atoms with van der Waals surface area (Å²) in [5, 5.41) is 1.30. The molecule has 27 heavy (non-hydrogen) atoms. The standard InChI is InChI=1S/C22H23N3O2/c1-15-13-20(24-10-6-7-11-24)16(2)12-17(15)14-19-21(26)23-25(22(19)27)18-8-4-3-5-9-18/h3-5,8-9,12-14H,6-7,10-11H2,1-2H3,(H,23,26)/b19-14-. The van der Waals surface area contributed by atoms with E-state index in [4.69, 9.17) is 0 Å². The van der Waals surface area contributed by atoms with E-state index in [0.717, 1.165) is 24.2 Å². The predicted octanol–water partition coefficient (Wildman–Crippen LogP) is 3.37. The molecule has 0 aliphatic carbocycles. The molecule has 2 fully saturated rings. The van der Waals surface area contributed by atoms with Crippen molar-refractivity contribution < 1.29 is 9.59 Å². The molecular weight excluding hydrogens is 338 g/mol. The average Bonchev–Trinajstić information content (AvgIpc) is 3.29. The third-order valence-corrected chi connectivity index (χ3v) is 5.24. The summed E-state index contributed by atoms with van der Waals surface area (Å²) < 4.78 is 0. The largest absolute Gasteiger partial charge is 0.371 e. The van der Waals surface area contributed by atoms with Crippen LogP contribution in [0.25, 0.3) is 6.08 Å². The minimum Gasteiger partial charge on any atom is -0.371 e. The normalized spacial score (nSPS) is 18.5. The zero-order valence-electron chi connectivity index (χ0n) is 15.7. The number of para-hydroxylation sites is 1. The molecule has 0 atom stereocenters. The van der Waals surface area contributed by atoms with Crippen molar-refractivity contribution in [3.8, 4) is 0 Å². The fraction of sp³-hybridized carbons (Fsp3) is 0.273. The van der Waals surface area contributed by atoms with Gasteiger partial charge in [-0.15, -0.1) is 0 Å². The molecule has 2 aromatic carbocycles. The Labute approximate surface area is 159 Å². The summed E-state index contributed by atoms with van der Waals surface area (Å²) in [6.07, 6.45) is 4.17. The first-order valence-electron chi connectivity index (χ1n) is 9.33. The second-order valence-electron chi connectivity index (χ2n) is 7.16. The quantitative estimate of drug-likeness (QED) is 0.674. The molecule has 5 heteroatoms. The van der Waals surface area contributed by atoms with Gasteiger partial charge in [-0.3, -0.25) is 15.0 Å². The van der Waals surface area contributed by atoms with E-state index in [0.29, 0.717) is 5.69 Å². The maximum absolute atomic E-state index is 12.8. The van der Waals surface area contributed by atoms with E-state index >= 15 is 0 Å². The third-order valence-electron chi connectivity index (χ3n) is 5.24. The number of carbonyl (C=O) groups excluding carboxylic acids is 2. The molecule has 0 saturated carbocycles. The van der Waals surface area contributed by atoms with E-state index in [1.54, 1.807) is 18.2 Å². The second-order valence-corrected chi connectivity index (χ2v) is 7.16. The Hall–Kier alpha value is -3.08. The lowest BCUT2D eigenvalue weighted by atomic mass is 10.0. The lowest BCUT2D eigenvalue weighted by Gasteiger charge is -2.21. The molecule has 0 bridgehead atoms. The average molecular weight is 361 g/mol. The molecule has 2 aliphatic heterocycles. The predicted molar refractivity (Wildman–Crippen MR) is 107 cm³/mol.